The molecule has 0 radical (unpaired) electrons. The third kappa shape index (κ3) is 19.0. The fourth-order valence-corrected chi connectivity index (χ4v) is 15.5. The number of likely N-dealkylation sites (tertiary alicyclic amines) is 2. The Morgan fingerprint density at radius 1 is 0.874 bits per heavy atom. The molecule has 2 saturated heterocycles. The minimum absolute atomic E-state index is 0.0162. The fraction of sp³-hybridized carbons (Fsp3) is 0.468. The van der Waals surface area contributed by atoms with Gasteiger partial charge in [-0.05, 0) is 137 Å². The summed E-state index contributed by atoms with van der Waals surface area (Å²) in [5, 5.41) is 26.2. The molecule has 22 nitrogen and oxygen atoms in total. The first kappa shape index (κ1) is 78.0. The lowest BCUT2D eigenvalue weighted by Gasteiger charge is -2.27. The number of aliphatic carboxylic acids is 1. The van der Waals surface area contributed by atoms with Crippen LogP contribution in [0.1, 0.15) is 170 Å². The van der Waals surface area contributed by atoms with Gasteiger partial charge in [0.05, 0.1) is 46.3 Å². The van der Waals surface area contributed by atoms with E-state index in [0.29, 0.717) is 18.7 Å². The summed E-state index contributed by atoms with van der Waals surface area (Å²) in [6.07, 6.45) is 14.7. The van der Waals surface area contributed by atoms with Crippen molar-refractivity contribution in [2.75, 3.05) is 43.4 Å². The molecule has 1 aliphatic carbocycles. The number of fused-ring (bicyclic) bond motifs is 2. The Morgan fingerprint density at radius 3 is 2.32 bits per heavy atom. The average molecular weight is 1450 g/mol. The number of carboxylic acid groups (broad SMARTS) is 1. The number of Topliss-reactive ketones (excluding diaryl/α,β-unsaturated/α-hetero) is 1. The largest absolute Gasteiger partial charge is 0.481 e. The van der Waals surface area contributed by atoms with Crippen LogP contribution in [0.5, 0.6) is 5.75 Å². The smallest absolute Gasteiger partial charge is 0.307 e. The highest BCUT2D eigenvalue weighted by atomic mass is 32.2. The molecule has 5 heterocycles. The molecule has 103 heavy (non-hydrogen) atoms. The van der Waals surface area contributed by atoms with Crippen molar-refractivity contribution >= 4 is 86.2 Å². The zero-order chi connectivity index (χ0) is 74.7. The molecule has 9 rings (SSSR count). The Labute approximate surface area is 604 Å². The van der Waals surface area contributed by atoms with Crippen LogP contribution in [-0.4, -0.2) is 152 Å². The zero-order valence-electron chi connectivity index (χ0n) is 59.6. The number of carboxylic acids is 1. The van der Waals surface area contributed by atoms with E-state index in [2.05, 4.69) is 121 Å². The quantitative estimate of drug-likeness (QED) is 0.0172. The number of hydrogen-bond donors (Lipinski definition) is 5. The summed E-state index contributed by atoms with van der Waals surface area (Å²) in [7, 11) is -4.45. The number of carbonyl (C=O) groups is 8. The summed E-state index contributed by atoms with van der Waals surface area (Å²) in [5.74, 6) is -8.64. The van der Waals surface area contributed by atoms with E-state index in [0.717, 1.165) is 112 Å². The van der Waals surface area contributed by atoms with Crippen molar-refractivity contribution in [2.24, 2.45) is 5.92 Å². The summed E-state index contributed by atoms with van der Waals surface area (Å²) in [6.45, 7) is 16.8. The monoisotopic (exact) mass is 1450 g/mol. The zero-order valence-corrected chi connectivity index (χ0v) is 61.2. The number of ketones is 1. The van der Waals surface area contributed by atoms with E-state index in [1.54, 1.807) is 18.2 Å². The molecule has 0 bridgehead atoms. The Kier molecular flexibility index (Phi) is 25.4. The van der Waals surface area contributed by atoms with E-state index >= 15 is 0 Å². The highest BCUT2D eigenvalue weighted by Gasteiger charge is 2.49. The van der Waals surface area contributed by atoms with Gasteiger partial charge in [-0.25, -0.2) is 8.78 Å². The summed E-state index contributed by atoms with van der Waals surface area (Å²) < 4.78 is 71.9. The van der Waals surface area contributed by atoms with Gasteiger partial charge in [-0.15, -0.1) is 11.8 Å². The van der Waals surface area contributed by atoms with Crippen molar-refractivity contribution in [1.82, 2.24) is 30.7 Å². The number of thioether (sulfide) groups is 1. The minimum Gasteiger partial charge on any atom is -0.481 e. The summed E-state index contributed by atoms with van der Waals surface area (Å²) in [4.78, 5) is 112. The molecular formula is C77H92F2N9O13S2+. The minimum atomic E-state index is -4.45. The van der Waals surface area contributed by atoms with Crippen LogP contribution in [0.3, 0.4) is 0 Å². The van der Waals surface area contributed by atoms with Crippen molar-refractivity contribution in [2.45, 2.75) is 191 Å². The molecule has 548 valence electrons. The van der Waals surface area contributed by atoms with Crippen LogP contribution in [0.25, 0.3) is 0 Å². The number of nitrogens with one attached hydrogen (secondary N) is 3. The molecule has 3 aromatic carbocycles. The molecule has 1 aromatic heterocycles. The standard InChI is InChI=1S/C77H91F2N9O13S2/c1-9-11-35-85-62-26-16-48(3)38-60(62)75(5,6)65(85)28-20-51-14-13-15-52(21-29-66-76(7,8)61-41-59(103(98,99)100)25-27-63(61)86(66)36-12-10-2)70(51)101-58-23-17-50(18-24-58)19-30-67(90)82-34-37-87-69(92)42-64(73(87)95)102-46-54(74(96)97)40-57(89)22-31-68(91)83-45-55-39-53(32-33-81-55)71(93)84-49(4)72(94)88-47-77(78,79)43-56(88)44-80/h16-18,20-21,23-29,32-33,38-39,41,49,54,56,64H,9-15,19,22,30-31,34-37,40,42-43,45-47H2,1-8H3,(H4-,82,83,84,90,91,93,96,97,98,99,100)/p+1/t49-,54?,56+,64?/m1/s1. The number of ether oxygens (including phenoxy) is 1. The van der Waals surface area contributed by atoms with Gasteiger partial charge in [-0.2, -0.15) is 18.3 Å². The van der Waals surface area contributed by atoms with E-state index in [4.69, 9.17) is 4.74 Å². The number of imide groups is 1. The number of nitriles is 1. The van der Waals surface area contributed by atoms with Crippen LogP contribution in [0.4, 0.5) is 20.2 Å². The van der Waals surface area contributed by atoms with Gasteiger partial charge in [-0.1, -0.05) is 76.4 Å². The number of aromatic nitrogens is 1. The third-order valence-corrected chi connectivity index (χ3v) is 21.8. The number of halogens is 2. The lowest BCUT2D eigenvalue weighted by molar-refractivity contribution is -0.438. The number of rotatable bonds is 32. The fourth-order valence-electron chi connectivity index (χ4n) is 13.8. The molecule has 4 aromatic rings. The summed E-state index contributed by atoms with van der Waals surface area (Å²) in [6, 6.07) is 20.9. The third-order valence-electron chi connectivity index (χ3n) is 19.6. The van der Waals surface area contributed by atoms with Crippen molar-refractivity contribution in [3.05, 3.63) is 159 Å². The second-order valence-corrected chi connectivity index (χ2v) is 30.7. The molecule has 0 saturated carbocycles. The number of aryl methyl sites for hydroxylation is 2. The van der Waals surface area contributed by atoms with E-state index in [-0.39, 0.29) is 78.5 Å². The van der Waals surface area contributed by atoms with Crippen LogP contribution in [0.15, 0.2) is 131 Å². The lowest BCUT2D eigenvalue weighted by Crippen LogP contribution is -2.48. The predicted molar refractivity (Wildman–Crippen MR) is 386 cm³/mol. The van der Waals surface area contributed by atoms with Gasteiger partial charge in [0.25, 0.3) is 21.9 Å². The van der Waals surface area contributed by atoms with E-state index in [1.807, 2.05) is 24.3 Å². The summed E-state index contributed by atoms with van der Waals surface area (Å²) >= 11 is 0.945. The number of allylic oxidation sites excluding steroid dienone is 7. The second-order valence-electron chi connectivity index (χ2n) is 28.1. The number of alkyl halides is 2. The van der Waals surface area contributed by atoms with Gasteiger partial charge >= 0.3 is 5.97 Å². The van der Waals surface area contributed by atoms with Crippen LogP contribution in [-0.2, 0) is 67.5 Å². The highest BCUT2D eigenvalue weighted by Crippen LogP contribution is 2.49. The van der Waals surface area contributed by atoms with Crippen molar-refractivity contribution < 1.29 is 74.5 Å². The van der Waals surface area contributed by atoms with Gasteiger partial charge in [0, 0.05) is 117 Å². The number of nitrogens with zero attached hydrogens (tertiary/aromatic N) is 6. The van der Waals surface area contributed by atoms with Gasteiger partial charge in [-0.3, -0.25) is 52.8 Å². The Bertz CT molecular complexity index is 4290. The van der Waals surface area contributed by atoms with E-state index in [1.165, 1.54) is 53.8 Å². The maximum Gasteiger partial charge on any atom is 0.307 e. The molecule has 0 spiro atoms. The lowest BCUT2D eigenvalue weighted by atomic mass is 9.81. The van der Waals surface area contributed by atoms with E-state index in [9.17, 15) is 70.5 Å². The molecule has 26 heteroatoms. The van der Waals surface area contributed by atoms with Crippen LogP contribution in [0, 0.1) is 24.2 Å². The number of pyridine rings is 1. The first-order valence-electron chi connectivity index (χ1n) is 35.2. The number of anilines is 1. The topological polar surface area (TPSA) is 306 Å². The molecule has 5 aliphatic rings. The Morgan fingerprint density at radius 2 is 1.61 bits per heavy atom. The Balaban J connectivity index is 0.770. The SMILES string of the molecule is CCCCN1C(=CC=C2CCCC(C=CC3=[N+](CCCC)c4ccc(S(=O)(=O)O)cc4C3(C)C)=C2Oc2ccc(CCC(=O)NCCN3C(=O)CC(SCC(CC(=O)CCC(=O)NCc4cc(C(=O)N[C@H](C)C(=O)N5CC(F)(F)C[C@H]5C#N)ccn4)C(=O)O)C3=O)cc2)C(C)(C)c2cc(C)ccc21. The van der Waals surface area contributed by atoms with Crippen molar-refractivity contribution in [1.29, 1.82) is 5.26 Å². The number of hydrogen-bond acceptors (Lipinski definition) is 15. The van der Waals surface area contributed by atoms with Crippen molar-refractivity contribution in [3.8, 4) is 11.8 Å². The van der Waals surface area contributed by atoms with Gasteiger partial charge < -0.3 is 35.6 Å². The normalized spacial score (nSPS) is 19.6. The summed E-state index contributed by atoms with van der Waals surface area (Å²) in [5.41, 5.74) is 9.89. The maximum absolute atomic E-state index is 13.9. The van der Waals surface area contributed by atoms with Gasteiger partial charge in [0.1, 0.15) is 35.9 Å². The molecular weight excluding hydrogens is 1360 g/mol. The van der Waals surface area contributed by atoms with E-state index < -0.39 is 105 Å². The molecule has 4 atom stereocenters. The second kappa shape index (κ2) is 33.5. The molecule has 2 unspecified atom stereocenters. The molecule has 5 N–H and O–H groups in total. The molecule has 4 aliphatic heterocycles. The molecule has 2 fully saturated rings. The predicted octanol–water partition coefficient (Wildman–Crippen LogP) is 10.8. The molecule has 6 amide bonds. The van der Waals surface area contributed by atoms with Gasteiger partial charge in [0.15, 0.2) is 5.71 Å². The number of amides is 6. The highest BCUT2D eigenvalue weighted by molar-refractivity contribution is 8.00. The number of unbranched alkanes of at least 4 members (excludes halogenated alkanes) is 2. The first-order valence-corrected chi connectivity index (χ1v) is 37.7. The average Bonchev–Trinajstić information content (AvgIpc) is 1.59. The van der Waals surface area contributed by atoms with Crippen LogP contribution < -0.4 is 25.6 Å². The van der Waals surface area contributed by atoms with Crippen molar-refractivity contribution in [3.63, 3.8) is 0 Å². The first-order chi connectivity index (χ1) is 48.8. The van der Waals surface area contributed by atoms with Gasteiger partial charge in [0.2, 0.25) is 35.2 Å². The maximum atomic E-state index is 13.9. The van der Waals surface area contributed by atoms with Crippen LogP contribution >= 0.6 is 11.8 Å². The number of carbonyl (C=O) groups excluding carboxylic acids is 7. The van der Waals surface area contributed by atoms with Crippen LogP contribution in [0.2, 0.25) is 0 Å². The Hall–Kier alpha value is -9.19. The number of benzene rings is 3.